The van der Waals surface area contributed by atoms with Crippen molar-refractivity contribution in [2.75, 3.05) is 6.54 Å². The van der Waals surface area contributed by atoms with E-state index in [2.05, 4.69) is 24.4 Å². The van der Waals surface area contributed by atoms with Gasteiger partial charge in [0.2, 0.25) is 0 Å². The molecule has 0 aromatic heterocycles. The standard InChI is InChI=1S/C24H21NO3/c1-16-19-9-5-6-10-20(19)21-12-11-18(13-22(16)21)24(27)25-14-23(26)28-15-17-7-3-2-4-8-17/h2-13,16H,14-15H2,1H3,(H,25,27). The average molecular weight is 371 g/mol. The van der Waals surface area contributed by atoms with Gasteiger partial charge in [0, 0.05) is 11.5 Å². The third-order valence-corrected chi connectivity index (χ3v) is 5.13. The van der Waals surface area contributed by atoms with Crippen LogP contribution in [0.15, 0.2) is 72.8 Å². The number of fused-ring (bicyclic) bond motifs is 3. The second kappa shape index (κ2) is 7.69. The van der Waals surface area contributed by atoms with Gasteiger partial charge < -0.3 is 10.1 Å². The summed E-state index contributed by atoms with van der Waals surface area (Å²) in [5, 5.41) is 2.65. The summed E-state index contributed by atoms with van der Waals surface area (Å²) in [5.74, 6) is -0.489. The van der Waals surface area contributed by atoms with E-state index in [4.69, 9.17) is 4.74 Å². The summed E-state index contributed by atoms with van der Waals surface area (Å²) in [6.07, 6.45) is 0. The van der Waals surface area contributed by atoms with E-state index >= 15 is 0 Å². The maximum atomic E-state index is 12.5. The van der Waals surface area contributed by atoms with Crippen LogP contribution >= 0.6 is 0 Å². The van der Waals surface area contributed by atoms with Gasteiger partial charge in [0.1, 0.15) is 13.2 Å². The minimum atomic E-state index is -0.459. The van der Waals surface area contributed by atoms with Gasteiger partial charge in [-0.05, 0) is 39.9 Å². The van der Waals surface area contributed by atoms with E-state index in [1.165, 1.54) is 16.7 Å². The van der Waals surface area contributed by atoms with Crippen LogP contribution in [-0.4, -0.2) is 18.4 Å². The smallest absolute Gasteiger partial charge is 0.325 e. The zero-order valence-corrected chi connectivity index (χ0v) is 15.6. The lowest BCUT2D eigenvalue weighted by molar-refractivity contribution is -0.143. The molecule has 4 rings (SSSR count). The van der Waals surface area contributed by atoms with E-state index in [-0.39, 0.29) is 25.0 Å². The molecule has 1 atom stereocenters. The van der Waals surface area contributed by atoms with E-state index < -0.39 is 5.97 Å². The highest BCUT2D eigenvalue weighted by Gasteiger charge is 2.25. The third kappa shape index (κ3) is 3.54. The van der Waals surface area contributed by atoms with Gasteiger partial charge in [-0.1, -0.05) is 67.6 Å². The van der Waals surface area contributed by atoms with Crippen LogP contribution in [-0.2, 0) is 16.1 Å². The Balaban J connectivity index is 1.38. The fraction of sp³-hybridized carbons (Fsp3) is 0.167. The molecule has 3 aromatic carbocycles. The molecule has 0 heterocycles. The number of amides is 1. The van der Waals surface area contributed by atoms with Crippen molar-refractivity contribution in [2.24, 2.45) is 0 Å². The van der Waals surface area contributed by atoms with Crippen LogP contribution in [0, 0.1) is 0 Å². The maximum Gasteiger partial charge on any atom is 0.325 e. The highest BCUT2D eigenvalue weighted by atomic mass is 16.5. The van der Waals surface area contributed by atoms with Crippen molar-refractivity contribution < 1.29 is 14.3 Å². The Morgan fingerprint density at radius 2 is 1.61 bits per heavy atom. The van der Waals surface area contributed by atoms with Gasteiger partial charge >= 0.3 is 5.97 Å². The minimum absolute atomic E-state index is 0.154. The Kier molecular flexibility index (Phi) is 4.94. The number of hydrogen-bond acceptors (Lipinski definition) is 3. The van der Waals surface area contributed by atoms with E-state index in [0.717, 1.165) is 11.1 Å². The summed E-state index contributed by atoms with van der Waals surface area (Å²) in [4.78, 5) is 24.4. The van der Waals surface area contributed by atoms with Gasteiger partial charge in [-0.15, -0.1) is 0 Å². The fourth-order valence-corrected chi connectivity index (χ4v) is 3.64. The first-order chi connectivity index (χ1) is 13.6. The zero-order valence-electron chi connectivity index (χ0n) is 15.6. The van der Waals surface area contributed by atoms with Gasteiger partial charge in [0.25, 0.3) is 5.91 Å². The predicted molar refractivity (Wildman–Crippen MR) is 108 cm³/mol. The van der Waals surface area contributed by atoms with Gasteiger partial charge in [-0.2, -0.15) is 0 Å². The molecule has 1 N–H and O–H groups in total. The molecule has 28 heavy (non-hydrogen) atoms. The molecule has 0 aliphatic heterocycles. The minimum Gasteiger partial charge on any atom is -0.460 e. The topological polar surface area (TPSA) is 55.4 Å². The summed E-state index contributed by atoms with van der Waals surface area (Å²) in [5.41, 5.74) is 6.27. The lowest BCUT2D eigenvalue weighted by Crippen LogP contribution is -2.30. The molecular weight excluding hydrogens is 350 g/mol. The fourth-order valence-electron chi connectivity index (χ4n) is 3.64. The van der Waals surface area contributed by atoms with Crippen molar-refractivity contribution in [3.8, 4) is 11.1 Å². The summed E-state index contributed by atoms with van der Waals surface area (Å²) in [7, 11) is 0. The monoisotopic (exact) mass is 371 g/mol. The van der Waals surface area contributed by atoms with Gasteiger partial charge in [-0.25, -0.2) is 0 Å². The maximum absolute atomic E-state index is 12.5. The highest BCUT2D eigenvalue weighted by molar-refractivity contribution is 5.97. The second-order valence-corrected chi connectivity index (χ2v) is 6.94. The molecule has 0 bridgehead atoms. The molecule has 1 unspecified atom stereocenters. The van der Waals surface area contributed by atoms with Crippen molar-refractivity contribution in [3.63, 3.8) is 0 Å². The lowest BCUT2D eigenvalue weighted by atomic mass is 9.97. The molecule has 0 spiro atoms. The number of esters is 1. The van der Waals surface area contributed by atoms with Crippen LogP contribution in [0.4, 0.5) is 0 Å². The number of nitrogens with one attached hydrogen (secondary N) is 1. The van der Waals surface area contributed by atoms with Crippen molar-refractivity contribution in [1.29, 1.82) is 0 Å². The Hall–Kier alpha value is -3.40. The van der Waals surface area contributed by atoms with Crippen LogP contribution in [0.2, 0.25) is 0 Å². The highest BCUT2D eigenvalue weighted by Crippen LogP contribution is 2.44. The molecule has 4 heteroatoms. The first kappa shape index (κ1) is 18.0. The molecule has 0 fully saturated rings. The SMILES string of the molecule is CC1c2ccccc2-c2ccc(C(=O)NCC(=O)OCc3ccccc3)cc21. The summed E-state index contributed by atoms with van der Waals surface area (Å²) in [6.45, 7) is 2.19. The number of carbonyl (C=O) groups is 2. The zero-order chi connectivity index (χ0) is 19.5. The number of carbonyl (C=O) groups excluding carboxylic acids is 2. The van der Waals surface area contributed by atoms with Crippen LogP contribution in [0.1, 0.15) is 39.9 Å². The first-order valence-electron chi connectivity index (χ1n) is 9.34. The van der Waals surface area contributed by atoms with Crippen LogP contribution in [0.25, 0.3) is 11.1 Å². The molecule has 1 aliphatic rings. The third-order valence-electron chi connectivity index (χ3n) is 5.13. The van der Waals surface area contributed by atoms with Gasteiger partial charge in [-0.3, -0.25) is 9.59 Å². The molecule has 3 aromatic rings. The van der Waals surface area contributed by atoms with E-state index in [0.29, 0.717) is 5.56 Å². The Morgan fingerprint density at radius 1 is 0.893 bits per heavy atom. The lowest BCUT2D eigenvalue weighted by Gasteiger charge is -2.10. The predicted octanol–water partition coefficient (Wildman–Crippen LogP) is 4.29. The Morgan fingerprint density at radius 3 is 2.43 bits per heavy atom. The molecular formula is C24H21NO3. The normalized spacial score (nSPS) is 14.1. The molecule has 1 aliphatic carbocycles. The van der Waals surface area contributed by atoms with E-state index in [1.807, 2.05) is 54.6 Å². The largest absolute Gasteiger partial charge is 0.460 e. The summed E-state index contributed by atoms with van der Waals surface area (Å²) in [6, 6.07) is 23.5. The van der Waals surface area contributed by atoms with E-state index in [1.54, 1.807) is 6.07 Å². The number of hydrogen-bond donors (Lipinski definition) is 1. The van der Waals surface area contributed by atoms with Crippen molar-refractivity contribution in [1.82, 2.24) is 5.32 Å². The summed E-state index contributed by atoms with van der Waals surface area (Å²) >= 11 is 0. The molecule has 1 amide bonds. The Labute approximate surface area is 164 Å². The summed E-state index contributed by atoms with van der Waals surface area (Å²) < 4.78 is 5.19. The van der Waals surface area contributed by atoms with Crippen molar-refractivity contribution >= 4 is 11.9 Å². The molecule has 4 nitrogen and oxygen atoms in total. The molecule has 140 valence electrons. The average Bonchev–Trinajstić information content (AvgIpc) is 3.03. The quantitative estimate of drug-likeness (QED) is 0.681. The van der Waals surface area contributed by atoms with Crippen LogP contribution in [0.3, 0.4) is 0 Å². The van der Waals surface area contributed by atoms with Gasteiger partial charge in [0.15, 0.2) is 0 Å². The molecule has 0 radical (unpaired) electrons. The number of ether oxygens (including phenoxy) is 1. The molecule has 0 saturated heterocycles. The van der Waals surface area contributed by atoms with E-state index in [9.17, 15) is 9.59 Å². The van der Waals surface area contributed by atoms with Crippen molar-refractivity contribution in [3.05, 3.63) is 95.1 Å². The van der Waals surface area contributed by atoms with Crippen molar-refractivity contribution in [2.45, 2.75) is 19.4 Å². The second-order valence-electron chi connectivity index (χ2n) is 6.94. The van der Waals surface area contributed by atoms with Gasteiger partial charge in [0.05, 0.1) is 0 Å². The van der Waals surface area contributed by atoms with Crippen LogP contribution in [0.5, 0.6) is 0 Å². The first-order valence-corrected chi connectivity index (χ1v) is 9.34. The molecule has 0 saturated carbocycles. The number of benzene rings is 3. The number of rotatable bonds is 5. The Bertz CT molecular complexity index is 1030. The van der Waals surface area contributed by atoms with Crippen LogP contribution < -0.4 is 5.32 Å².